The van der Waals surface area contributed by atoms with Crippen LogP contribution in [0.1, 0.15) is 53.6 Å². The molecule has 190 valence electrons. The zero-order chi connectivity index (χ0) is 25.1. The van der Waals surface area contributed by atoms with Crippen LogP contribution in [0.5, 0.6) is 0 Å². The molecule has 0 unspecified atom stereocenters. The Balaban J connectivity index is 1.49. The van der Waals surface area contributed by atoms with Crippen molar-refractivity contribution in [2.75, 3.05) is 39.4 Å². The third-order valence-electron chi connectivity index (χ3n) is 7.58. The molecule has 4 heterocycles. The molecular formula is C29H37N5OS. The minimum atomic E-state index is 0.0115. The van der Waals surface area contributed by atoms with Crippen LogP contribution >= 0.6 is 12.2 Å². The molecule has 0 aliphatic carbocycles. The standard InChI is InChI=1S/C29H37N5OS/c1-4-23-10-5-6-12-26(23)34-21(2)20-24(22(34)3)28-27(25-11-7-8-13-30-25)31-29(36)33(28)15-9-14-32-16-18-35-19-17-32/h5-8,10-13,20,27-28H,4,9,14-19H2,1-3H3,(H,31,36)/t27-,28+/m0/s1. The van der Waals surface area contributed by atoms with E-state index in [0.29, 0.717) is 0 Å². The number of aryl methyl sites for hydroxylation is 2. The lowest BCUT2D eigenvalue weighted by Crippen LogP contribution is -2.39. The van der Waals surface area contributed by atoms with Crippen LogP contribution in [0.15, 0.2) is 54.7 Å². The Hall–Kier alpha value is -2.74. The summed E-state index contributed by atoms with van der Waals surface area (Å²) in [5.74, 6) is 0. The van der Waals surface area contributed by atoms with Gasteiger partial charge in [-0.2, -0.15) is 0 Å². The Morgan fingerprint density at radius 1 is 1.06 bits per heavy atom. The van der Waals surface area contributed by atoms with E-state index in [4.69, 9.17) is 21.9 Å². The highest BCUT2D eigenvalue weighted by Crippen LogP contribution is 2.41. The van der Waals surface area contributed by atoms with Crippen molar-refractivity contribution in [3.8, 4) is 5.69 Å². The number of thiocarbonyl (C=S) groups is 1. The van der Waals surface area contributed by atoms with Crippen LogP contribution < -0.4 is 5.32 Å². The molecule has 2 fully saturated rings. The lowest BCUT2D eigenvalue weighted by Gasteiger charge is -2.30. The van der Waals surface area contributed by atoms with Gasteiger partial charge < -0.3 is 19.5 Å². The van der Waals surface area contributed by atoms with Crippen molar-refractivity contribution in [2.45, 2.75) is 45.7 Å². The lowest BCUT2D eigenvalue weighted by atomic mass is 9.96. The van der Waals surface area contributed by atoms with E-state index in [0.717, 1.165) is 63.0 Å². The van der Waals surface area contributed by atoms with Gasteiger partial charge in [0.1, 0.15) is 0 Å². The average Bonchev–Trinajstić information content (AvgIpc) is 3.39. The number of rotatable bonds is 8. The van der Waals surface area contributed by atoms with E-state index in [1.54, 1.807) is 0 Å². The first kappa shape index (κ1) is 24.9. The first-order valence-corrected chi connectivity index (χ1v) is 13.5. The number of nitrogens with zero attached hydrogens (tertiary/aromatic N) is 4. The minimum absolute atomic E-state index is 0.0115. The number of para-hydroxylation sites is 1. The summed E-state index contributed by atoms with van der Waals surface area (Å²) in [6.45, 7) is 12.3. The van der Waals surface area contributed by atoms with Crippen LogP contribution in [-0.2, 0) is 11.2 Å². The molecule has 2 aliphatic rings. The molecule has 1 aromatic carbocycles. The summed E-state index contributed by atoms with van der Waals surface area (Å²) < 4.78 is 7.94. The number of benzene rings is 1. The van der Waals surface area contributed by atoms with Crippen molar-refractivity contribution in [3.63, 3.8) is 0 Å². The maximum atomic E-state index is 5.93. The third kappa shape index (κ3) is 4.92. The first-order valence-electron chi connectivity index (χ1n) is 13.1. The highest BCUT2D eigenvalue weighted by atomic mass is 32.1. The SMILES string of the molecule is CCc1ccccc1-n1c(C)cc([C@@H]2[C@H](c3ccccn3)NC(=S)N2CCCN2CCOCC2)c1C. The van der Waals surface area contributed by atoms with Crippen molar-refractivity contribution in [2.24, 2.45) is 0 Å². The summed E-state index contributed by atoms with van der Waals surface area (Å²) in [6, 6.07) is 17.3. The van der Waals surface area contributed by atoms with Crippen molar-refractivity contribution in [1.29, 1.82) is 0 Å². The number of pyridine rings is 1. The van der Waals surface area contributed by atoms with Crippen molar-refractivity contribution < 1.29 is 4.74 Å². The molecule has 2 atom stereocenters. The summed E-state index contributed by atoms with van der Waals surface area (Å²) in [7, 11) is 0. The fourth-order valence-corrected chi connectivity index (χ4v) is 6.09. The summed E-state index contributed by atoms with van der Waals surface area (Å²) in [5.41, 5.74) is 7.47. The van der Waals surface area contributed by atoms with Crippen molar-refractivity contribution >= 4 is 17.3 Å². The van der Waals surface area contributed by atoms with Crippen LogP contribution in [0.4, 0.5) is 0 Å². The van der Waals surface area contributed by atoms with Gasteiger partial charge in [-0.15, -0.1) is 0 Å². The van der Waals surface area contributed by atoms with Gasteiger partial charge in [0.2, 0.25) is 0 Å². The fraction of sp³-hybridized carbons (Fsp3) is 0.448. The molecular weight excluding hydrogens is 466 g/mol. The van der Waals surface area contributed by atoms with Crippen LogP contribution in [0.2, 0.25) is 0 Å². The number of hydrogen-bond donors (Lipinski definition) is 1. The molecule has 2 aliphatic heterocycles. The second kappa shape index (κ2) is 11.1. The predicted octanol–water partition coefficient (Wildman–Crippen LogP) is 4.75. The zero-order valence-electron chi connectivity index (χ0n) is 21.6. The number of ether oxygens (including phenoxy) is 1. The largest absolute Gasteiger partial charge is 0.379 e. The summed E-state index contributed by atoms with van der Waals surface area (Å²) in [5, 5.41) is 4.44. The summed E-state index contributed by atoms with van der Waals surface area (Å²) in [4.78, 5) is 9.62. The quantitative estimate of drug-likeness (QED) is 0.448. The van der Waals surface area contributed by atoms with E-state index >= 15 is 0 Å². The molecule has 3 aromatic rings. The van der Waals surface area contributed by atoms with Gasteiger partial charge in [-0.1, -0.05) is 31.2 Å². The lowest BCUT2D eigenvalue weighted by molar-refractivity contribution is 0.0365. The minimum Gasteiger partial charge on any atom is -0.379 e. The number of hydrogen-bond acceptors (Lipinski definition) is 4. The van der Waals surface area contributed by atoms with Crippen molar-refractivity contribution in [1.82, 2.24) is 24.7 Å². The van der Waals surface area contributed by atoms with Crippen molar-refractivity contribution in [3.05, 3.63) is 82.9 Å². The summed E-state index contributed by atoms with van der Waals surface area (Å²) >= 11 is 5.93. The number of morpholine rings is 1. The van der Waals surface area contributed by atoms with Gasteiger partial charge >= 0.3 is 0 Å². The Kier molecular flexibility index (Phi) is 7.70. The van der Waals surface area contributed by atoms with E-state index in [9.17, 15) is 0 Å². The molecule has 0 bridgehead atoms. The number of nitrogens with one attached hydrogen (secondary N) is 1. The zero-order valence-corrected chi connectivity index (χ0v) is 22.4. The molecule has 2 saturated heterocycles. The van der Waals surface area contributed by atoms with Gasteiger partial charge in [0, 0.05) is 49.5 Å². The van der Waals surface area contributed by atoms with Gasteiger partial charge in [-0.25, -0.2) is 0 Å². The van der Waals surface area contributed by atoms with Crippen LogP contribution in [0, 0.1) is 13.8 Å². The molecule has 36 heavy (non-hydrogen) atoms. The van der Waals surface area contributed by atoms with Crippen LogP contribution in [0.25, 0.3) is 5.69 Å². The van der Waals surface area contributed by atoms with Gasteiger partial charge in [-0.05, 0) is 74.3 Å². The molecule has 6 nitrogen and oxygen atoms in total. The van der Waals surface area contributed by atoms with Crippen LogP contribution in [-0.4, -0.2) is 63.9 Å². The van der Waals surface area contributed by atoms with E-state index in [1.165, 1.54) is 28.2 Å². The molecule has 5 rings (SSSR count). The second-order valence-electron chi connectivity index (χ2n) is 9.77. The van der Waals surface area contributed by atoms with E-state index in [1.807, 2.05) is 12.3 Å². The highest BCUT2D eigenvalue weighted by molar-refractivity contribution is 7.80. The third-order valence-corrected chi connectivity index (χ3v) is 7.93. The molecule has 0 amide bonds. The predicted molar refractivity (Wildman–Crippen MR) is 149 cm³/mol. The van der Waals surface area contributed by atoms with Gasteiger partial charge in [-0.3, -0.25) is 9.88 Å². The maximum absolute atomic E-state index is 5.93. The molecule has 0 spiro atoms. The van der Waals surface area contributed by atoms with E-state index < -0.39 is 0 Å². The topological polar surface area (TPSA) is 45.6 Å². The molecule has 0 radical (unpaired) electrons. The molecule has 1 N–H and O–H groups in total. The summed E-state index contributed by atoms with van der Waals surface area (Å²) in [6.07, 6.45) is 3.94. The smallest absolute Gasteiger partial charge is 0.170 e. The monoisotopic (exact) mass is 503 g/mol. The number of aromatic nitrogens is 2. The Morgan fingerprint density at radius 3 is 2.58 bits per heavy atom. The first-order chi connectivity index (χ1) is 17.6. The fourth-order valence-electron chi connectivity index (χ4n) is 5.76. The Bertz CT molecular complexity index is 1190. The highest BCUT2D eigenvalue weighted by Gasteiger charge is 2.41. The van der Waals surface area contributed by atoms with E-state index in [-0.39, 0.29) is 12.1 Å². The average molecular weight is 504 g/mol. The maximum Gasteiger partial charge on any atom is 0.170 e. The Morgan fingerprint density at radius 2 is 1.83 bits per heavy atom. The van der Waals surface area contributed by atoms with Gasteiger partial charge in [0.15, 0.2) is 5.11 Å². The molecule has 7 heteroatoms. The normalized spacial score (nSPS) is 20.6. The van der Waals surface area contributed by atoms with Crippen LogP contribution in [0.3, 0.4) is 0 Å². The molecule has 0 saturated carbocycles. The second-order valence-corrected chi connectivity index (χ2v) is 10.2. The van der Waals surface area contributed by atoms with Gasteiger partial charge in [0.05, 0.1) is 31.0 Å². The molecule has 2 aromatic heterocycles. The van der Waals surface area contributed by atoms with Gasteiger partial charge in [0.25, 0.3) is 0 Å². The Labute approximate surface area is 220 Å². The van der Waals surface area contributed by atoms with E-state index in [2.05, 4.69) is 82.9 Å².